The second kappa shape index (κ2) is 8.38. The average Bonchev–Trinajstić information content (AvgIpc) is 3.16. The van der Waals surface area contributed by atoms with Crippen molar-refractivity contribution < 1.29 is 4.74 Å². The molecule has 0 spiro atoms. The molecule has 3 heterocycles. The highest BCUT2D eigenvalue weighted by Gasteiger charge is 2.13. The highest BCUT2D eigenvalue weighted by molar-refractivity contribution is 8.01. The molecule has 27 heavy (non-hydrogen) atoms. The SMILES string of the molecule is COCCNc1nnc(Sc2nc(-c3ccncc3)nc3ccccc23)s1. The maximum Gasteiger partial charge on any atom is 0.206 e. The fraction of sp³-hybridized carbons (Fsp3) is 0.167. The molecule has 0 bridgehead atoms. The number of methoxy groups -OCH3 is 1. The molecule has 0 aliphatic rings. The van der Waals surface area contributed by atoms with Crippen molar-refractivity contribution in [2.24, 2.45) is 0 Å². The molecule has 0 saturated carbocycles. The molecule has 4 rings (SSSR count). The van der Waals surface area contributed by atoms with Gasteiger partial charge in [0.2, 0.25) is 5.13 Å². The molecular weight excluding hydrogens is 380 g/mol. The maximum absolute atomic E-state index is 5.04. The number of nitrogens with zero attached hydrogens (tertiary/aromatic N) is 5. The van der Waals surface area contributed by atoms with E-state index in [9.17, 15) is 0 Å². The number of anilines is 1. The number of rotatable bonds is 7. The summed E-state index contributed by atoms with van der Waals surface area (Å²) < 4.78 is 5.86. The molecule has 3 aromatic heterocycles. The van der Waals surface area contributed by atoms with Crippen molar-refractivity contribution in [3.63, 3.8) is 0 Å². The van der Waals surface area contributed by atoms with Gasteiger partial charge < -0.3 is 10.1 Å². The van der Waals surface area contributed by atoms with Crippen molar-refractivity contribution in [2.45, 2.75) is 9.37 Å². The van der Waals surface area contributed by atoms with Crippen molar-refractivity contribution in [1.29, 1.82) is 0 Å². The predicted molar refractivity (Wildman–Crippen MR) is 107 cm³/mol. The van der Waals surface area contributed by atoms with Crippen LogP contribution in [-0.2, 0) is 4.74 Å². The smallest absolute Gasteiger partial charge is 0.206 e. The topological polar surface area (TPSA) is 85.7 Å². The molecule has 0 unspecified atom stereocenters. The lowest BCUT2D eigenvalue weighted by Gasteiger charge is -2.07. The highest BCUT2D eigenvalue weighted by Crippen LogP contribution is 2.35. The minimum Gasteiger partial charge on any atom is -0.383 e. The van der Waals surface area contributed by atoms with E-state index < -0.39 is 0 Å². The molecule has 0 saturated heterocycles. The number of hydrogen-bond donors (Lipinski definition) is 1. The van der Waals surface area contributed by atoms with Crippen LogP contribution in [0, 0.1) is 0 Å². The fourth-order valence-electron chi connectivity index (χ4n) is 2.42. The molecule has 136 valence electrons. The zero-order valence-corrected chi connectivity index (χ0v) is 16.1. The fourth-order valence-corrected chi connectivity index (χ4v) is 4.23. The van der Waals surface area contributed by atoms with E-state index in [0.717, 1.165) is 31.0 Å². The molecule has 4 aromatic rings. The number of hydrogen-bond acceptors (Lipinski definition) is 9. The lowest BCUT2D eigenvalue weighted by atomic mass is 10.2. The van der Waals surface area contributed by atoms with Gasteiger partial charge in [-0.2, -0.15) is 0 Å². The lowest BCUT2D eigenvalue weighted by molar-refractivity contribution is 0.211. The van der Waals surface area contributed by atoms with E-state index in [1.54, 1.807) is 19.5 Å². The second-order valence-electron chi connectivity index (χ2n) is 5.50. The largest absolute Gasteiger partial charge is 0.383 e. The van der Waals surface area contributed by atoms with Gasteiger partial charge in [0.1, 0.15) is 5.03 Å². The number of aromatic nitrogens is 5. The first-order chi connectivity index (χ1) is 13.3. The minimum atomic E-state index is 0.619. The Bertz CT molecular complexity index is 1040. The number of benzene rings is 1. The van der Waals surface area contributed by atoms with Crippen molar-refractivity contribution in [3.05, 3.63) is 48.8 Å². The van der Waals surface area contributed by atoms with E-state index in [2.05, 4.69) is 20.5 Å². The Morgan fingerprint density at radius 2 is 1.93 bits per heavy atom. The van der Waals surface area contributed by atoms with Crippen LogP contribution in [-0.4, -0.2) is 45.4 Å². The van der Waals surface area contributed by atoms with E-state index in [4.69, 9.17) is 14.7 Å². The van der Waals surface area contributed by atoms with Crippen LogP contribution in [0.5, 0.6) is 0 Å². The van der Waals surface area contributed by atoms with Gasteiger partial charge in [0.25, 0.3) is 0 Å². The summed E-state index contributed by atoms with van der Waals surface area (Å²) in [4.78, 5) is 13.5. The summed E-state index contributed by atoms with van der Waals surface area (Å²) in [5, 5.41) is 14.2. The molecule has 7 nitrogen and oxygen atoms in total. The zero-order valence-electron chi connectivity index (χ0n) is 14.5. The van der Waals surface area contributed by atoms with E-state index in [1.165, 1.54) is 23.1 Å². The summed E-state index contributed by atoms with van der Waals surface area (Å²) >= 11 is 2.98. The standard InChI is InChI=1S/C18H16N6OS2/c1-25-11-10-20-17-23-24-18(27-17)26-16-13-4-2-3-5-14(13)21-15(22-16)12-6-8-19-9-7-12/h2-9H,10-11H2,1H3,(H,20,23). The zero-order chi connectivity index (χ0) is 18.5. The van der Waals surface area contributed by atoms with Crippen LogP contribution in [0.1, 0.15) is 0 Å². The van der Waals surface area contributed by atoms with Gasteiger partial charge >= 0.3 is 0 Å². The molecule has 0 aliphatic heterocycles. The van der Waals surface area contributed by atoms with Gasteiger partial charge in [0, 0.05) is 37.0 Å². The summed E-state index contributed by atoms with van der Waals surface area (Å²) in [6.45, 7) is 1.31. The summed E-state index contributed by atoms with van der Waals surface area (Å²) in [5.74, 6) is 0.668. The Labute approximate surface area is 164 Å². The van der Waals surface area contributed by atoms with Crippen LogP contribution in [0.15, 0.2) is 58.2 Å². The molecule has 0 radical (unpaired) electrons. The van der Waals surface area contributed by atoms with E-state index in [1.807, 2.05) is 36.4 Å². The number of ether oxygens (including phenoxy) is 1. The van der Waals surface area contributed by atoms with Crippen LogP contribution in [0.25, 0.3) is 22.3 Å². The van der Waals surface area contributed by atoms with Crippen LogP contribution in [0.3, 0.4) is 0 Å². The van der Waals surface area contributed by atoms with Crippen LogP contribution < -0.4 is 5.32 Å². The Morgan fingerprint density at radius 1 is 1.07 bits per heavy atom. The molecular formula is C18H16N6OS2. The van der Waals surface area contributed by atoms with Gasteiger partial charge in [-0.15, -0.1) is 10.2 Å². The number of fused-ring (bicyclic) bond motifs is 1. The predicted octanol–water partition coefficient (Wildman–Crippen LogP) is 3.75. The van der Waals surface area contributed by atoms with E-state index in [-0.39, 0.29) is 0 Å². The third kappa shape index (κ3) is 4.21. The van der Waals surface area contributed by atoms with Gasteiger partial charge in [0.15, 0.2) is 10.2 Å². The van der Waals surface area contributed by atoms with Gasteiger partial charge in [-0.3, -0.25) is 4.98 Å². The Hall–Kier alpha value is -2.62. The number of pyridine rings is 1. The van der Waals surface area contributed by atoms with Crippen LogP contribution in [0.2, 0.25) is 0 Å². The molecule has 0 atom stereocenters. The van der Waals surface area contributed by atoms with Crippen molar-refractivity contribution in [3.8, 4) is 11.4 Å². The van der Waals surface area contributed by atoms with Gasteiger partial charge in [-0.05, 0) is 30.0 Å². The molecule has 1 N–H and O–H groups in total. The molecule has 0 fully saturated rings. The first kappa shape index (κ1) is 17.8. The Morgan fingerprint density at radius 3 is 2.78 bits per heavy atom. The van der Waals surface area contributed by atoms with Crippen molar-refractivity contribution >= 4 is 39.1 Å². The van der Waals surface area contributed by atoms with Gasteiger partial charge in [-0.25, -0.2) is 9.97 Å². The lowest BCUT2D eigenvalue weighted by Crippen LogP contribution is -2.06. The quantitative estimate of drug-likeness (QED) is 0.373. The van der Waals surface area contributed by atoms with E-state index in [0.29, 0.717) is 19.0 Å². The summed E-state index contributed by atoms with van der Waals surface area (Å²) in [6.07, 6.45) is 3.48. The van der Waals surface area contributed by atoms with E-state index >= 15 is 0 Å². The van der Waals surface area contributed by atoms with Crippen LogP contribution in [0.4, 0.5) is 5.13 Å². The molecule has 0 aliphatic carbocycles. The van der Waals surface area contributed by atoms with Gasteiger partial charge in [0.05, 0.1) is 12.1 Å². The molecule has 1 aromatic carbocycles. The first-order valence-corrected chi connectivity index (χ1v) is 9.88. The monoisotopic (exact) mass is 396 g/mol. The minimum absolute atomic E-state index is 0.619. The maximum atomic E-state index is 5.04. The summed E-state index contributed by atoms with van der Waals surface area (Å²) in [6, 6.07) is 11.8. The Balaban J connectivity index is 1.66. The van der Waals surface area contributed by atoms with Crippen molar-refractivity contribution in [2.75, 3.05) is 25.6 Å². The Kier molecular flexibility index (Phi) is 5.52. The highest BCUT2D eigenvalue weighted by atomic mass is 32.2. The number of para-hydroxylation sites is 1. The summed E-state index contributed by atoms with van der Waals surface area (Å²) in [5.41, 5.74) is 1.82. The third-order valence-electron chi connectivity index (χ3n) is 3.68. The normalized spacial score (nSPS) is 11.0. The first-order valence-electron chi connectivity index (χ1n) is 8.25. The second-order valence-corrected chi connectivity index (χ2v) is 7.71. The van der Waals surface area contributed by atoms with Crippen LogP contribution >= 0.6 is 23.1 Å². The molecule has 9 heteroatoms. The average molecular weight is 397 g/mol. The summed E-state index contributed by atoms with van der Waals surface area (Å²) in [7, 11) is 1.67. The molecule has 0 amide bonds. The third-order valence-corrected chi connectivity index (χ3v) is 5.62. The van der Waals surface area contributed by atoms with Crippen molar-refractivity contribution in [1.82, 2.24) is 25.1 Å². The van der Waals surface area contributed by atoms with Gasteiger partial charge in [-0.1, -0.05) is 29.5 Å². The number of nitrogens with one attached hydrogen (secondary N) is 1.